The van der Waals surface area contributed by atoms with Crippen LogP contribution < -0.4 is 18.9 Å². The van der Waals surface area contributed by atoms with Crippen molar-refractivity contribution in [3.63, 3.8) is 0 Å². The number of alkyl halides is 1. The Balaban J connectivity index is 0. The summed E-state index contributed by atoms with van der Waals surface area (Å²) in [5.41, 5.74) is 0. The van der Waals surface area contributed by atoms with Crippen molar-refractivity contribution in [1.82, 2.24) is 0 Å². The Kier molecular flexibility index (Phi) is 8.89. The smallest absolute Gasteiger partial charge is 0.725 e. The van der Waals surface area contributed by atoms with Crippen LogP contribution in [0.3, 0.4) is 0 Å². The second kappa shape index (κ2) is 7.03. The number of hydrogen-bond donors (Lipinski definition) is 0. The minimum absolute atomic E-state index is 0. The molecule has 0 aromatic carbocycles. The third-order valence-electron chi connectivity index (χ3n) is 0.497. The molecule has 0 aromatic heterocycles. The molecule has 0 radical (unpaired) electrons. The summed E-state index contributed by atoms with van der Waals surface area (Å²) in [5.74, 6) is 0. The van der Waals surface area contributed by atoms with E-state index in [2.05, 4.69) is 8.92 Å². The molecule has 0 aliphatic heterocycles. The van der Waals surface area contributed by atoms with Crippen LogP contribution in [-0.4, -0.2) is 33.0 Å². The second-order valence-corrected chi connectivity index (χ2v) is 2.29. The fraction of sp³-hybridized carbons (Fsp3) is 1.00. The van der Waals surface area contributed by atoms with E-state index in [1.54, 1.807) is 0 Å². The van der Waals surface area contributed by atoms with E-state index in [1.165, 1.54) is 0 Å². The van der Waals surface area contributed by atoms with Gasteiger partial charge in [-0.3, -0.25) is 4.18 Å². The maximum atomic E-state index is 11.2. The van der Waals surface area contributed by atoms with Gasteiger partial charge in [-0.25, -0.2) is 12.8 Å². The van der Waals surface area contributed by atoms with Crippen molar-refractivity contribution >= 4 is 10.4 Å². The van der Waals surface area contributed by atoms with Gasteiger partial charge in [0.2, 0.25) is 10.4 Å². The molecule has 0 heterocycles. The van der Waals surface area contributed by atoms with Crippen molar-refractivity contribution in [3.8, 4) is 0 Å². The average Bonchev–Trinajstić information content (AvgIpc) is 1.78. The van der Waals surface area contributed by atoms with Gasteiger partial charge < -0.3 is 9.29 Å². The molecule has 0 saturated heterocycles. The summed E-state index contributed by atoms with van der Waals surface area (Å²) in [6, 6.07) is 0. The van der Waals surface area contributed by atoms with Crippen LogP contribution in [-0.2, 0) is 19.3 Å². The Morgan fingerprint density at radius 3 is 2.36 bits per heavy atom. The van der Waals surface area contributed by atoms with Crippen LogP contribution in [0.4, 0.5) is 4.39 Å². The molecule has 0 aromatic rings. The third-order valence-corrected chi connectivity index (χ3v) is 0.882. The van der Waals surface area contributed by atoms with E-state index < -0.39 is 23.9 Å². The maximum Gasteiger partial charge on any atom is 1.00 e. The van der Waals surface area contributed by atoms with E-state index in [0.717, 1.165) is 0 Å². The summed E-state index contributed by atoms with van der Waals surface area (Å²) in [6.07, 6.45) is 0. The van der Waals surface area contributed by atoms with Gasteiger partial charge in [-0.1, -0.05) is 0 Å². The SMILES string of the molecule is O=S(=O)([O-])OCOCCF.[Li+]. The molecule has 0 aliphatic carbocycles. The Bertz CT molecular complexity index is 169. The first kappa shape index (κ1) is 13.9. The van der Waals surface area contributed by atoms with Crippen LogP contribution in [0.15, 0.2) is 0 Å². The summed E-state index contributed by atoms with van der Waals surface area (Å²) in [7, 11) is -4.70. The largest absolute Gasteiger partial charge is 1.00 e. The predicted octanol–water partition coefficient (Wildman–Crippen LogP) is -3.59. The molecule has 0 unspecified atom stereocenters. The molecule has 11 heavy (non-hydrogen) atoms. The molecule has 0 spiro atoms. The van der Waals surface area contributed by atoms with Crippen LogP contribution in [0.1, 0.15) is 0 Å². The topological polar surface area (TPSA) is 75.7 Å². The van der Waals surface area contributed by atoms with Gasteiger partial charge in [0.25, 0.3) is 0 Å². The maximum absolute atomic E-state index is 11.2. The molecular weight excluding hydrogens is 174 g/mol. The van der Waals surface area contributed by atoms with Crippen molar-refractivity contribution in [2.24, 2.45) is 0 Å². The molecule has 0 aliphatic rings. The van der Waals surface area contributed by atoms with Crippen molar-refractivity contribution in [2.75, 3.05) is 20.1 Å². The molecule has 0 atom stereocenters. The van der Waals surface area contributed by atoms with Crippen LogP contribution in [0.25, 0.3) is 0 Å². The Morgan fingerprint density at radius 2 is 2.00 bits per heavy atom. The number of rotatable bonds is 5. The number of ether oxygens (including phenoxy) is 1. The summed E-state index contributed by atoms with van der Waals surface area (Å²) >= 11 is 0. The van der Waals surface area contributed by atoms with E-state index in [0.29, 0.717) is 0 Å². The molecule has 0 saturated carbocycles. The molecule has 0 amide bonds. The van der Waals surface area contributed by atoms with Gasteiger partial charge in [0.05, 0.1) is 6.61 Å². The fourth-order valence-electron chi connectivity index (χ4n) is 0.206. The third kappa shape index (κ3) is 13.4. The predicted molar refractivity (Wildman–Crippen MR) is 27.6 cm³/mol. The van der Waals surface area contributed by atoms with Gasteiger partial charge in [0.1, 0.15) is 6.67 Å². The first-order valence-corrected chi connectivity index (χ1v) is 3.63. The molecule has 0 rings (SSSR count). The molecular formula is C3H6FLiO5S. The molecule has 0 N–H and O–H groups in total. The monoisotopic (exact) mass is 180 g/mol. The van der Waals surface area contributed by atoms with Gasteiger partial charge >= 0.3 is 18.9 Å². The quantitative estimate of drug-likeness (QED) is 0.144. The Hall–Kier alpha value is 0.357. The van der Waals surface area contributed by atoms with Crippen LogP contribution in [0.5, 0.6) is 0 Å². The number of hydrogen-bond acceptors (Lipinski definition) is 5. The van der Waals surface area contributed by atoms with Crippen molar-refractivity contribution in [2.45, 2.75) is 0 Å². The van der Waals surface area contributed by atoms with Crippen molar-refractivity contribution < 1.29 is 45.1 Å². The minimum Gasteiger partial charge on any atom is -0.725 e. The van der Waals surface area contributed by atoms with E-state index in [1.807, 2.05) is 0 Å². The van der Waals surface area contributed by atoms with E-state index in [9.17, 15) is 17.4 Å². The van der Waals surface area contributed by atoms with E-state index in [-0.39, 0.29) is 25.5 Å². The average molecular weight is 180 g/mol. The van der Waals surface area contributed by atoms with Crippen molar-refractivity contribution in [3.05, 3.63) is 0 Å². The molecule has 5 nitrogen and oxygen atoms in total. The molecule has 0 fully saturated rings. The van der Waals surface area contributed by atoms with E-state index >= 15 is 0 Å². The molecule has 8 heteroatoms. The standard InChI is InChI=1S/C3H7FO5S.Li/c4-1-2-8-3-9-10(5,6)7;/h1-3H2,(H,5,6,7);/q;+1/p-1. The Labute approximate surface area is 76.0 Å². The van der Waals surface area contributed by atoms with Crippen LogP contribution in [0.2, 0.25) is 0 Å². The van der Waals surface area contributed by atoms with Gasteiger partial charge in [-0.2, -0.15) is 0 Å². The zero-order chi connectivity index (χ0) is 8.04. The summed E-state index contributed by atoms with van der Waals surface area (Å²) in [6.45, 7) is -1.76. The van der Waals surface area contributed by atoms with Gasteiger partial charge in [-0.05, 0) is 0 Å². The van der Waals surface area contributed by atoms with Crippen molar-refractivity contribution in [1.29, 1.82) is 0 Å². The number of halogens is 1. The molecule has 0 bridgehead atoms. The normalized spacial score (nSPS) is 10.7. The first-order valence-electron chi connectivity index (χ1n) is 2.30. The van der Waals surface area contributed by atoms with Gasteiger partial charge in [0.15, 0.2) is 6.79 Å². The van der Waals surface area contributed by atoms with Gasteiger partial charge in [-0.15, -0.1) is 0 Å². The van der Waals surface area contributed by atoms with Gasteiger partial charge in [0, 0.05) is 0 Å². The summed E-state index contributed by atoms with van der Waals surface area (Å²) < 4.78 is 47.9. The first-order chi connectivity index (χ1) is 4.56. The van der Waals surface area contributed by atoms with E-state index in [4.69, 9.17) is 0 Å². The van der Waals surface area contributed by atoms with Crippen LogP contribution >= 0.6 is 0 Å². The summed E-state index contributed by atoms with van der Waals surface area (Å²) in [4.78, 5) is 0. The summed E-state index contributed by atoms with van der Waals surface area (Å²) in [5, 5.41) is 0. The zero-order valence-electron chi connectivity index (χ0n) is 5.95. The molecule has 62 valence electrons. The Morgan fingerprint density at radius 1 is 1.45 bits per heavy atom. The fourth-order valence-corrected chi connectivity index (χ4v) is 0.392. The minimum atomic E-state index is -4.70. The second-order valence-electron chi connectivity index (χ2n) is 1.24. The van der Waals surface area contributed by atoms with Crippen LogP contribution in [0, 0.1) is 0 Å². The zero-order valence-corrected chi connectivity index (χ0v) is 6.77.